The minimum atomic E-state index is -0.253. The first kappa shape index (κ1) is 17.3. The molecule has 6 heteroatoms. The van der Waals surface area contributed by atoms with Gasteiger partial charge in [0.05, 0.1) is 25.4 Å². The van der Waals surface area contributed by atoms with Gasteiger partial charge < -0.3 is 20.1 Å². The number of rotatable bonds is 4. The predicted molar refractivity (Wildman–Crippen MR) is 103 cm³/mol. The lowest BCUT2D eigenvalue weighted by Gasteiger charge is -2.13. The molecule has 3 unspecified atom stereocenters. The van der Waals surface area contributed by atoms with E-state index < -0.39 is 0 Å². The third kappa shape index (κ3) is 2.76. The Morgan fingerprint density at radius 2 is 1.75 bits per heavy atom. The van der Waals surface area contributed by atoms with Crippen LogP contribution in [-0.2, 0) is 4.74 Å². The van der Waals surface area contributed by atoms with Crippen LogP contribution in [0.2, 0.25) is 0 Å². The van der Waals surface area contributed by atoms with Crippen LogP contribution in [0.1, 0.15) is 37.8 Å². The minimum absolute atomic E-state index is 0.000983. The minimum Gasteiger partial charge on any atom is -0.491 e. The fraction of sp³-hybridized carbons (Fsp3) is 0.364. The summed E-state index contributed by atoms with van der Waals surface area (Å²) in [6, 6.07) is 13.7. The fourth-order valence-electron chi connectivity index (χ4n) is 4.41. The number of nitrogens with one attached hydrogen (secondary N) is 2. The molecule has 0 aromatic heterocycles. The van der Waals surface area contributed by atoms with Gasteiger partial charge in [0.1, 0.15) is 5.75 Å². The number of fused-ring (bicyclic) bond motifs is 2. The summed E-state index contributed by atoms with van der Waals surface area (Å²) in [5, 5.41) is 5.76. The zero-order chi connectivity index (χ0) is 19.3. The van der Waals surface area contributed by atoms with Crippen molar-refractivity contribution in [1.29, 1.82) is 0 Å². The van der Waals surface area contributed by atoms with Crippen LogP contribution in [0.5, 0.6) is 5.75 Å². The molecule has 3 atom stereocenters. The van der Waals surface area contributed by atoms with Crippen molar-refractivity contribution in [2.75, 3.05) is 26.9 Å². The summed E-state index contributed by atoms with van der Waals surface area (Å²) in [7, 11) is 1.58. The number of hydrogen-bond acceptors (Lipinski definition) is 4. The first-order chi connectivity index (χ1) is 13.7. The van der Waals surface area contributed by atoms with Gasteiger partial charge in [-0.2, -0.15) is 0 Å². The summed E-state index contributed by atoms with van der Waals surface area (Å²) in [5.74, 6) is 1.03. The van der Waals surface area contributed by atoms with E-state index in [2.05, 4.69) is 10.6 Å². The van der Waals surface area contributed by atoms with Gasteiger partial charge in [0.15, 0.2) is 0 Å². The standard InChI is InChI=1S/C22H22N2O4/c1-23-22(26)15-8-13(21(25)24-19-17-9-27-10-18(17)19)7-14-16(11-28-20(14)15)12-5-3-2-4-6-12/h2-8,16-19H,9-11H2,1H3,(H,23,26)(H,24,25). The van der Waals surface area contributed by atoms with E-state index in [0.717, 1.165) is 11.1 Å². The van der Waals surface area contributed by atoms with Gasteiger partial charge in [0.25, 0.3) is 11.8 Å². The molecule has 1 saturated heterocycles. The van der Waals surface area contributed by atoms with Crippen LogP contribution >= 0.6 is 0 Å². The second kappa shape index (κ2) is 6.63. The molecule has 2 heterocycles. The van der Waals surface area contributed by atoms with Gasteiger partial charge >= 0.3 is 0 Å². The molecular formula is C22H22N2O4. The summed E-state index contributed by atoms with van der Waals surface area (Å²) in [6.07, 6.45) is 0. The lowest BCUT2D eigenvalue weighted by atomic mass is 9.90. The second-order valence-corrected chi connectivity index (χ2v) is 7.66. The zero-order valence-corrected chi connectivity index (χ0v) is 15.6. The molecule has 2 amide bonds. The highest BCUT2D eigenvalue weighted by Crippen LogP contribution is 2.45. The molecule has 6 nitrogen and oxygen atoms in total. The first-order valence-electron chi connectivity index (χ1n) is 9.63. The molecule has 2 aliphatic heterocycles. The van der Waals surface area contributed by atoms with E-state index in [-0.39, 0.29) is 23.8 Å². The summed E-state index contributed by atoms with van der Waals surface area (Å²) < 4.78 is 11.3. The molecule has 3 aliphatic rings. The van der Waals surface area contributed by atoms with Gasteiger partial charge in [-0.05, 0) is 17.7 Å². The normalized spacial score (nSPS) is 26.8. The molecule has 2 aromatic rings. The van der Waals surface area contributed by atoms with Crippen LogP contribution in [0.25, 0.3) is 0 Å². The SMILES string of the molecule is CNC(=O)c1cc(C(=O)NC2C3COCC32)cc2c1OCC2c1ccccc1. The quantitative estimate of drug-likeness (QED) is 0.853. The van der Waals surface area contributed by atoms with Crippen LogP contribution in [0.4, 0.5) is 0 Å². The average Bonchev–Trinajstić information content (AvgIpc) is 3.10. The van der Waals surface area contributed by atoms with Crippen LogP contribution in [0.3, 0.4) is 0 Å². The van der Waals surface area contributed by atoms with Crippen molar-refractivity contribution < 1.29 is 19.1 Å². The Kier molecular flexibility index (Phi) is 4.09. The monoisotopic (exact) mass is 378 g/mol. The van der Waals surface area contributed by atoms with Crippen LogP contribution < -0.4 is 15.4 Å². The van der Waals surface area contributed by atoms with E-state index in [4.69, 9.17) is 9.47 Å². The third-order valence-corrected chi connectivity index (χ3v) is 6.07. The smallest absolute Gasteiger partial charge is 0.254 e. The molecule has 5 rings (SSSR count). The predicted octanol–water partition coefficient (Wildman–Crippen LogP) is 1.95. The van der Waals surface area contributed by atoms with Gasteiger partial charge in [0.2, 0.25) is 0 Å². The van der Waals surface area contributed by atoms with E-state index in [1.807, 2.05) is 36.4 Å². The maximum Gasteiger partial charge on any atom is 0.254 e. The Balaban J connectivity index is 1.50. The molecule has 0 radical (unpaired) electrons. The van der Waals surface area contributed by atoms with Crippen LogP contribution in [0.15, 0.2) is 42.5 Å². The fourth-order valence-corrected chi connectivity index (χ4v) is 4.41. The van der Waals surface area contributed by atoms with Crippen molar-refractivity contribution >= 4 is 11.8 Å². The lowest BCUT2D eigenvalue weighted by molar-refractivity contribution is 0.0929. The van der Waals surface area contributed by atoms with Crippen molar-refractivity contribution in [2.24, 2.45) is 11.8 Å². The Morgan fingerprint density at radius 1 is 1.00 bits per heavy atom. The zero-order valence-electron chi connectivity index (χ0n) is 15.6. The summed E-state index contributed by atoms with van der Waals surface area (Å²) in [4.78, 5) is 25.4. The highest BCUT2D eigenvalue weighted by atomic mass is 16.5. The maximum atomic E-state index is 12.9. The third-order valence-electron chi connectivity index (χ3n) is 6.07. The second-order valence-electron chi connectivity index (χ2n) is 7.66. The molecule has 2 aromatic carbocycles. The number of amides is 2. The van der Waals surface area contributed by atoms with Gasteiger partial charge in [-0.25, -0.2) is 0 Å². The molecule has 144 valence electrons. The molecule has 28 heavy (non-hydrogen) atoms. The van der Waals surface area contributed by atoms with Gasteiger partial charge in [-0.1, -0.05) is 30.3 Å². The van der Waals surface area contributed by atoms with Gasteiger partial charge in [-0.3, -0.25) is 9.59 Å². The number of hydrogen-bond donors (Lipinski definition) is 2. The summed E-state index contributed by atoms with van der Waals surface area (Å²) >= 11 is 0. The summed E-state index contributed by atoms with van der Waals surface area (Å²) in [6.45, 7) is 1.89. The first-order valence-corrected chi connectivity index (χ1v) is 9.63. The van der Waals surface area contributed by atoms with E-state index in [1.165, 1.54) is 0 Å². The molecule has 2 N–H and O–H groups in total. The summed E-state index contributed by atoms with van der Waals surface area (Å²) in [5.41, 5.74) is 2.89. The highest BCUT2D eigenvalue weighted by molar-refractivity contribution is 6.02. The van der Waals surface area contributed by atoms with Crippen molar-refractivity contribution in [1.82, 2.24) is 10.6 Å². The Labute approximate surface area is 163 Å². The molecule has 1 saturated carbocycles. The molecule has 0 spiro atoms. The van der Waals surface area contributed by atoms with Gasteiger partial charge in [-0.15, -0.1) is 0 Å². The maximum absolute atomic E-state index is 12.9. The number of carbonyl (C=O) groups excluding carboxylic acids is 2. The van der Waals surface area contributed by atoms with Crippen molar-refractivity contribution in [2.45, 2.75) is 12.0 Å². The number of ether oxygens (including phenoxy) is 2. The largest absolute Gasteiger partial charge is 0.491 e. The number of benzene rings is 2. The molecule has 1 aliphatic carbocycles. The lowest BCUT2D eigenvalue weighted by Crippen LogP contribution is -2.30. The Bertz CT molecular complexity index is 933. The van der Waals surface area contributed by atoms with Crippen LogP contribution in [0, 0.1) is 11.8 Å². The van der Waals surface area contributed by atoms with E-state index in [1.54, 1.807) is 13.1 Å². The van der Waals surface area contributed by atoms with E-state index >= 15 is 0 Å². The van der Waals surface area contributed by atoms with Gasteiger partial charge in [0, 0.05) is 42.0 Å². The number of carbonyl (C=O) groups is 2. The topological polar surface area (TPSA) is 76.7 Å². The highest BCUT2D eigenvalue weighted by Gasteiger charge is 2.54. The molecule has 2 fully saturated rings. The van der Waals surface area contributed by atoms with Crippen molar-refractivity contribution in [3.8, 4) is 5.75 Å². The van der Waals surface area contributed by atoms with Crippen molar-refractivity contribution in [3.05, 3.63) is 64.7 Å². The average molecular weight is 378 g/mol. The Morgan fingerprint density at radius 3 is 2.46 bits per heavy atom. The molecule has 0 bridgehead atoms. The van der Waals surface area contributed by atoms with Crippen LogP contribution in [-0.4, -0.2) is 44.7 Å². The van der Waals surface area contributed by atoms with E-state index in [9.17, 15) is 9.59 Å². The Hall–Kier alpha value is -2.86. The van der Waals surface area contributed by atoms with Crippen molar-refractivity contribution in [3.63, 3.8) is 0 Å². The molecular weight excluding hydrogens is 356 g/mol. The van der Waals surface area contributed by atoms with E-state index in [0.29, 0.717) is 48.5 Å².